The van der Waals surface area contributed by atoms with Gasteiger partial charge in [-0.1, -0.05) is 32.1 Å². The number of anilines is 1. The van der Waals surface area contributed by atoms with E-state index in [2.05, 4.69) is 22.0 Å². The van der Waals surface area contributed by atoms with Crippen molar-refractivity contribution in [1.29, 1.82) is 0 Å². The van der Waals surface area contributed by atoms with E-state index in [1.807, 2.05) is 13.8 Å². The molecule has 27 heavy (non-hydrogen) atoms. The van der Waals surface area contributed by atoms with Crippen LogP contribution in [0.1, 0.15) is 45.0 Å². The van der Waals surface area contributed by atoms with Gasteiger partial charge in [0.25, 0.3) is 5.91 Å². The summed E-state index contributed by atoms with van der Waals surface area (Å²) in [5.74, 6) is 0.108. The molecule has 3 rings (SSSR count). The molecule has 0 aliphatic carbocycles. The molecule has 0 unspecified atom stereocenters. The minimum Gasteiger partial charge on any atom is -0.395 e. The SMILES string of the molecule is CCCc1nnc(N2CCC3(CC2)C(=O)N(CCO)C(=O)N3CC(C)C)s1. The lowest BCUT2D eigenvalue weighted by molar-refractivity contribution is -0.134. The van der Waals surface area contributed by atoms with Crippen LogP contribution in [-0.4, -0.2) is 75.4 Å². The van der Waals surface area contributed by atoms with Crippen LogP contribution in [0.3, 0.4) is 0 Å². The van der Waals surface area contributed by atoms with Crippen molar-refractivity contribution in [3.63, 3.8) is 0 Å². The quantitative estimate of drug-likeness (QED) is 0.708. The first-order chi connectivity index (χ1) is 12.9. The van der Waals surface area contributed by atoms with Gasteiger partial charge in [0.1, 0.15) is 10.5 Å². The summed E-state index contributed by atoms with van der Waals surface area (Å²) in [5.41, 5.74) is -0.788. The highest BCUT2D eigenvalue weighted by atomic mass is 32.1. The van der Waals surface area contributed by atoms with Gasteiger partial charge >= 0.3 is 6.03 Å². The van der Waals surface area contributed by atoms with Gasteiger partial charge in [0, 0.05) is 26.1 Å². The Balaban J connectivity index is 1.77. The molecule has 0 saturated carbocycles. The Labute approximate surface area is 164 Å². The molecule has 2 fully saturated rings. The number of aliphatic hydroxyl groups is 1. The second-order valence-electron chi connectivity index (χ2n) is 7.71. The minimum absolute atomic E-state index is 0.0640. The maximum Gasteiger partial charge on any atom is 0.327 e. The third-order valence-corrected chi connectivity index (χ3v) is 6.32. The summed E-state index contributed by atoms with van der Waals surface area (Å²) in [4.78, 5) is 31.1. The Morgan fingerprint density at radius 3 is 2.52 bits per heavy atom. The number of hydrogen-bond donors (Lipinski definition) is 1. The lowest BCUT2D eigenvalue weighted by Crippen LogP contribution is -2.57. The number of β-amino-alcohol motifs (C(OH)–C–C–N with tert-alkyl or cyclic N) is 1. The first kappa shape index (κ1) is 20.0. The lowest BCUT2D eigenvalue weighted by atomic mass is 9.85. The van der Waals surface area contributed by atoms with Crippen LogP contribution < -0.4 is 4.90 Å². The molecule has 2 saturated heterocycles. The van der Waals surface area contributed by atoms with Crippen LogP contribution in [0.2, 0.25) is 0 Å². The number of carbonyl (C=O) groups excluding carboxylic acids is 2. The number of hydrogen-bond acceptors (Lipinski definition) is 7. The molecule has 2 aliphatic heterocycles. The molecule has 8 nitrogen and oxygen atoms in total. The number of urea groups is 1. The Bertz CT molecular complexity index is 684. The summed E-state index contributed by atoms with van der Waals surface area (Å²) in [6.45, 7) is 7.96. The molecule has 3 heterocycles. The van der Waals surface area contributed by atoms with E-state index >= 15 is 0 Å². The van der Waals surface area contributed by atoms with Crippen LogP contribution in [0.4, 0.5) is 9.93 Å². The average molecular weight is 396 g/mol. The third-order valence-electron chi connectivity index (χ3n) is 5.27. The highest BCUT2D eigenvalue weighted by Crippen LogP contribution is 2.39. The van der Waals surface area contributed by atoms with Crippen LogP contribution in [0.15, 0.2) is 0 Å². The monoisotopic (exact) mass is 395 g/mol. The number of rotatable bonds is 7. The zero-order chi connectivity index (χ0) is 19.6. The smallest absolute Gasteiger partial charge is 0.327 e. The van der Waals surface area contributed by atoms with Crippen molar-refractivity contribution in [2.75, 3.05) is 37.7 Å². The third kappa shape index (κ3) is 3.67. The molecular weight excluding hydrogens is 366 g/mol. The van der Waals surface area contributed by atoms with Gasteiger partial charge in [-0.2, -0.15) is 0 Å². The summed E-state index contributed by atoms with van der Waals surface area (Å²) in [6, 6.07) is -0.266. The van der Waals surface area contributed by atoms with E-state index in [1.54, 1.807) is 16.2 Å². The van der Waals surface area contributed by atoms with Crippen molar-refractivity contribution in [2.24, 2.45) is 5.92 Å². The molecule has 1 spiro atoms. The van der Waals surface area contributed by atoms with Gasteiger partial charge in [0.2, 0.25) is 5.13 Å². The van der Waals surface area contributed by atoms with Crippen molar-refractivity contribution in [2.45, 2.75) is 52.0 Å². The first-order valence-electron chi connectivity index (χ1n) is 9.74. The second kappa shape index (κ2) is 8.10. The zero-order valence-electron chi connectivity index (χ0n) is 16.3. The van der Waals surface area contributed by atoms with E-state index in [0.29, 0.717) is 32.5 Å². The lowest BCUT2D eigenvalue weighted by Gasteiger charge is -2.42. The summed E-state index contributed by atoms with van der Waals surface area (Å²) in [7, 11) is 0. The van der Waals surface area contributed by atoms with Crippen LogP contribution >= 0.6 is 11.3 Å². The van der Waals surface area contributed by atoms with Crippen molar-refractivity contribution in [3.05, 3.63) is 5.01 Å². The molecule has 1 aromatic rings. The van der Waals surface area contributed by atoms with Gasteiger partial charge in [-0.15, -0.1) is 10.2 Å². The van der Waals surface area contributed by atoms with Gasteiger partial charge < -0.3 is 14.9 Å². The molecular formula is C18H29N5O3S. The average Bonchev–Trinajstić information content (AvgIpc) is 3.17. The summed E-state index contributed by atoms with van der Waals surface area (Å²) in [5, 5.41) is 19.8. The fourth-order valence-corrected chi connectivity index (χ4v) is 4.93. The van der Waals surface area contributed by atoms with E-state index < -0.39 is 5.54 Å². The number of imide groups is 1. The number of aliphatic hydroxyl groups excluding tert-OH is 1. The van der Waals surface area contributed by atoms with Crippen LogP contribution in [-0.2, 0) is 11.2 Å². The Hall–Kier alpha value is -1.74. The first-order valence-corrected chi connectivity index (χ1v) is 10.6. The maximum absolute atomic E-state index is 13.1. The largest absolute Gasteiger partial charge is 0.395 e. The topological polar surface area (TPSA) is 89.9 Å². The van der Waals surface area contributed by atoms with E-state index in [1.165, 1.54) is 4.90 Å². The molecule has 3 amide bonds. The number of carbonyl (C=O) groups is 2. The fourth-order valence-electron chi connectivity index (χ4n) is 3.94. The summed E-state index contributed by atoms with van der Waals surface area (Å²) in [6.07, 6.45) is 3.13. The molecule has 2 aliphatic rings. The number of nitrogens with zero attached hydrogens (tertiary/aromatic N) is 5. The van der Waals surface area contributed by atoms with Gasteiger partial charge in [-0.05, 0) is 25.2 Å². The minimum atomic E-state index is -0.788. The maximum atomic E-state index is 13.1. The highest BCUT2D eigenvalue weighted by Gasteiger charge is 2.57. The van der Waals surface area contributed by atoms with Gasteiger partial charge in [0.05, 0.1) is 13.2 Å². The standard InChI is InChI=1S/C18H29N5O3S/c1-4-5-14-19-20-16(27-14)21-8-6-18(7-9-21)15(25)22(10-11-24)17(26)23(18)12-13(2)3/h13,24H,4-12H2,1-3H3. The van der Waals surface area contributed by atoms with Crippen molar-refractivity contribution >= 4 is 28.4 Å². The van der Waals surface area contributed by atoms with E-state index in [4.69, 9.17) is 0 Å². The predicted octanol–water partition coefficient (Wildman–Crippen LogP) is 1.74. The number of aryl methyl sites for hydroxylation is 1. The van der Waals surface area contributed by atoms with Crippen molar-refractivity contribution in [3.8, 4) is 0 Å². The fraction of sp³-hybridized carbons (Fsp3) is 0.778. The van der Waals surface area contributed by atoms with E-state index in [9.17, 15) is 14.7 Å². The van der Waals surface area contributed by atoms with Crippen LogP contribution in [0.25, 0.3) is 0 Å². The Morgan fingerprint density at radius 2 is 1.93 bits per heavy atom. The summed E-state index contributed by atoms with van der Waals surface area (Å²) >= 11 is 1.61. The zero-order valence-corrected chi connectivity index (χ0v) is 17.2. The molecule has 0 radical (unpaired) electrons. The van der Waals surface area contributed by atoms with Gasteiger partial charge in [-0.3, -0.25) is 9.69 Å². The highest BCUT2D eigenvalue weighted by molar-refractivity contribution is 7.15. The molecule has 1 aromatic heterocycles. The number of aromatic nitrogens is 2. The summed E-state index contributed by atoms with van der Waals surface area (Å²) < 4.78 is 0. The molecule has 0 aromatic carbocycles. The molecule has 0 atom stereocenters. The normalized spacial score (nSPS) is 19.8. The van der Waals surface area contributed by atoms with Crippen molar-refractivity contribution < 1.29 is 14.7 Å². The Morgan fingerprint density at radius 1 is 1.22 bits per heavy atom. The second-order valence-corrected chi connectivity index (χ2v) is 8.75. The van der Waals surface area contributed by atoms with Crippen molar-refractivity contribution in [1.82, 2.24) is 20.0 Å². The number of amides is 3. The molecule has 150 valence electrons. The van der Waals surface area contributed by atoms with E-state index in [0.717, 1.165) is 23.0 Å². The predicted molar refractivity (Wildman–Crippen MR) is 104 cm³/mol. The van der Waals surface area contributed by atoms with Crippen LogP contribution in [0, 0.1) is 5.92 Å². The molecule has 1 N–H and O–H groups in total. The molecule has 9 heteroatoms. The van der Waals surface area contributed by atoms with E-state index in [-0.39, 0.29) is 31.0 Å². The molecule has 0 bridgehead atoms. The van der Waals surface area contributed by atoms with Gasteiger partial charge in [0.15, 0.2) is 0 Å². The van der Waals surface area contributed by atoms with Gasteiger partial charge in [-0.25, -0.2) is 4.79 Å². The van der Waals surface area contributed by atoms with Crippen LogP contribution in [0.5, 0.6) is 0 Å². The Kier molecular flexibility index (Phi) is 6.00. The number of piperidine rings is 1.